The molecule has 16 heavy (non-hydrogen) atoms. The molecule has 0 aromatic carbocycles. The Morgan fingerprint density at radius 1 is 1.69 bits per heavy atom. The standard InChI is InChI=1S/C8H11N5OS2/c1-13(4-2-3-9)6(14)5-15-8-12-11-7(10)16-8/h2,4-5H2,1H3,(H2,10,11). The Hall–Kier alpha value is -1.33. The second kappa shape index (κ2) is 6.30. The Morgan fingerprint density at radius 3 is 3.00 bits per heavy atom. The van der Waals surface area contributed by atoms with E-state index in [9.17, 15) is 4.79 Å². The highest BCUT2D eigenvalue weighted by molar-refractivity contribution is 8.01. The van der Waals surface area contributed by atoms with Crippen LogP contribution in [-0.4, -0.2) is 40.3 Å². The van der Waals surface area contributed by atoms with Crippen molar-refractivity contribution in [3.05, 3.63) is 0 Å². The van der Waals surface area contributed by atoms with Crippen molar-refractivity contribution >= 4 is 34.1 Å². The van der Waals surface area contributed by atoms with E-state index in [0.717, 1.165) is 0 Å². The van der Waals surface area contributed by atoms with E-state index in [2.05, 4.69) is 10.2 Å². The molecule has 8 heteroatoms. The number of aromatic nitrogens is 2. The quantitative estimate of drug-likeness (QED) is 0.775. The molecule has 86 valence electrons. The van der Waals surface area contributed by atoms with Gasteiger partial charge in [0, 0.05) is 13.6 Å². The first-order chi connectivity index (χ1) is 7.63. The highest BCUT2D eigenvalue weighted by Crippen LogP contribution is 2.23. The van der Waals surface area contributed by atoms with Gasteiger partial charge in [-0.2, -0.15) is 5.26 Å². The number of nitrogens with zero attached hydrogens (tertiary/aromatic N) is 4. The van der Waals surface area contributed by atoms with Crippen molar-refractivity contribution < 1.29 is 4.79 Å². The molecule has 1 aromatic rings. The van der Waals surface area contributed by atoms with Crippen molar-refractivity contribution in [2.75, 3.05) is 25.1 Å². The van der Waals surface area contributed by atoms with Gasteiger partial charge in [-0.1, -0.05) is 23.1 Å². The number of carbonyl (C=O) groups is 1. The first-order valence-corrected chi connectivity index (χ1v) is 6.26. The Balaban J connectivity index is 2.32. The van der Waals surface area contributed by atoms with Crippen LogP contribution >= 0.6 is 23.1 Å². The van der Waals surface area contributed by atoms with E-state index in [1.807, 2.05) is 6.07 Å². The highest BCUT2D eigenvalue weighted by Gasteiger charge is 2.10. The average Bonchev–Trinajstić information content (AvgIpc) is 2.68. The molecule has 0 atom stereocenters. The summed E-state index contributed by atoms with van der Waals surface area (Å²) in [4.78, 5) is 13.1. The van der Waals surface area contributed by atoms with Gasteiger partial charge in [0.2, 0.25) is 11.0 Å². The van der Waals surface area contributed by atoms with Gasteiger partial charge < -0.3 is 10.6 Å². The minimum Gasteiger partial charge on any atom is -0.374 e. The maximum atomic E-state index is 11.5. The summed E-state index contributed by atoms with van der Waals surface area (Å²) in [7, 11) is 1.68. The van der Waals surface area contributed by atoms with Gasteiger partial charge in [0.15, 0.2) is 4.34 Å². The number of nitrogen functional groups attached to an aromatic ring is 1. The molecule has 0 spiro atoms. The molecule has 0 aliphatic rings. The van der Waals surface area contributed by atoms with Crippen molar-refractivity contribution in [1.82, 2.24) is 15.1 Å². The zero-order valence-electron chi connectivity index (χ0n) is 8.71. The van der Waals surface area contributed by atoms with E-state index in [1.54, 1.807) is 7.05 Å². The van der Waals surface area contributed by atoms with E-state index in [1.165, 1.54) is 28.0 Å². The second-order valence-electron chi connectivity index (χ2n) is 2.92. The van der Waals surface area contributed by atoms with Crippen molar-refractivity contribution in [1.29, 1.82) is 5.26 Å². The fourth-order valence-corrected chi connectivity index (χ4v) is 2.43. The molecule has 0 fully saturated rings. The van der Waals surface area contributed by atoms with Crippen molar-refractivity contribution in [2.24, 2.45) is 0 Å². The Bertz CT molecular complexity index is 399. The summed E-state index contributed by atoms with van der Waals surface area (Å²) in [5.41, 5.74) is 5.41. The summed E-state index contributed by atoms with van der Waals surface area (Å²) < 4.78 is 0.680. The van der Waals surface area contributed by atoms with Crippen LogP contribution in [0.1, 0.15) is 6.42 Å². The van der Waals surface area contributed by atoms with Crippen LogP contribution in [0.15, 0.2) is 4.34 Å². The van der Waals surface area contributed by atoms with Crippen LogP contribution < -0.4 is 5.73 Å². The molecule has 0 saturated heterocycles. The van der Waals surface area contributed by atoms with Crippen LogP contribution in [0.5, 0.6) is 0 Å². The van der Waals surface area contributed by atoms with Crippen LogP contribution in [0.2, 0.25) is 0 Å². The normalized spacial score (nSPS) is 9.75. The minimum absolute atomic E-state index is 0.0333. The second-order valence-corrected chi connectivity index (χ2v) is 5.15. The number of anilines is 1. The molecule has 2 N–H and O–H groups in total. The zero-order chi connectivity index (χ0) is 12.0. The van der Waals surface area contributed by atoms with Gasteiger partial charge in [-0.05, 0) is 0 Å². The van der Waals surface area contributed by atoms with Crippen LogP contribution in [-0.2, 0) is 4.79 Å². The average molecular weight is 257 g/mol. The van der Waals surface area contributed by atoms with Crippen LogP contribution in [0, 0.1) is 11.3 Å². The summed E-state index contributed by atoms with van der Waals surface area (Å²) in [5, 5.41) is 16.2. The molecule has 1 heterocycles. The first-order valence-electron chi connectivity index (χ1n) is 4.46. The molecule has 1 rings (SSSR count). The molecule has 0 bridgehead atoms. The predicted molar refractivity (Wildman–Crippen MR) is 62.9 cm³/mol. The summed E-state index contributed by atoms with van der Waals surface area (Å²) in [6.45, 7) is 0.453. The Labute approximate surface area is 101 Å². The van der Waals surface area contributed by atoms with E-state index in [4.69, 9.17) is 11.0 Å². The van der Waals surface area contributed by atoms with E-state index in [0.29, 0.717) is 22.4 Å². The van der Waals surface area contributed by atoms with Crippen molar-refractivity contribution in [3.63, 3.8) is 0 Å². The van der Waals surface area contributed by atoms with Crippen LogP contribution in [0.25, 0.3) is 0 Å². The number of thioether (sulfide) groups is 1. The van der Waals surface area contributed by atoms with Crippen molar-refractivity contribution in [3.8, 4) is 6.07 Å². The maximum Gasteiger partial charge on any atom is 0.232 e. The lowest BCUT2D eigenvalue weighted by molar-refractivity contribution is -0.127. The predicted octanol–water partition coefficient (Wildman–Crippen LogP) is 0.584. The fraction of sp³-hybridized carbons (Fsp3) is 0.500. The van der Waals surface area contributed by atoms with E-state index < -0.39 is 0 Å². The largest absolute Gasteiger partial charge is 0.374 e. The molecule has 0 saturated carbocycles. The Kier molecular flexibility index (Phi) is 5.01. The molecule has 6 nitrogen and oxygen atoms in total. The number of hydrogen-bond donors (Lipinski definition) is 1. The fourth-order valence-electron chi connectivity index (χ4n) is 0.855. The number of rotatable bonds is 5. The molecule has 0 aliphatic heterocycles. The number of amides is 1. The molecular weight excluding hydrogens is 246 g/mol. The van der Waals surface area contributed by atoms with Gasteiger partial charge in [0.1, 0.15) is 0 Å². The highest BCUT2D eigenvalue weighted by atomic mass is 32.2. The zero-order valence-corrected chi connectivity index (χ0v) is 10.3. The summed E-state index contributed by atoms with van der Waals surface area (Å²) in [6.07, 6.45) is 0.346. The lowest BCUT2D eigenvalue weighted by Crippen LogP contribution is -2.29. The molecular formula is C8H11N5OS2. The summed E-state index contributed by atoms with van der Waals surface area (Å²) in [5.74, 6) is 0.255. The van der Waals surface area contributed by atoms with E-state index in [-0.39, 0.29) is 11.7 Å². The van der Waals surface area contributed by atoms with Gasteiger partial charge >= 0.3 is 0 Å². The smallest absolute Gasteiger partial charge is 0.232 e. The third kappa shape index (κ3) is 4.04. The number of nitriles is 1. The van der Waals surface area contributed by atoms with Gasteiger partial charge in [-0.25, -0.2) is 0 Å². The topological polar surface area (TPSA) is 95.9 Å². The van der Waals surface area contributed by atoms with Gasteiger partial charge in [-0.3, -0.25) is 4.79 Å². The SMILES string of the molecule is CN(CCC#N)C(=O)CSc1nnc(N)s1. The van der Waals surface area contributed by atoms with Gasteiger partial charge in [-0.15, -0.1) is 10.2 Å². The number of carbonyl (C=O) groups excluding carboxylic acids is 1. The molecule has 0 unspecified atom stereocenters. The molecule has 0 aliphatic carbocycles. The molecule has 1 amide bonds. The lowest BCUT2D eigenvalue weighted by atomic mass is 10.4. The van der Waals surface area contributed by atoms with Crippen LogP contribution in [0.4, 0.5) is 5.13 Å². The monoisotopic (exact) mass is 257 g/mol. The summed E-state index contributed by atoms with van der Waals surface area (Å²) in [6, 6.07) is 1.99. The maximum absolute atomic E-state index is 11.5. The third-order valence-corrected chi connectivity index (χ3v) is 3.60. The lowest BCUT2D eigenvalue weighted by Gasteiger charge is -2.14. The Morgan fingerprint density at radius 2 is 2.44 bits per heavy atom. The van der Waals surface area contributed by atoms with Gasteiger partial charge in [0.05, 0.1) is 18.2 Å². The van der Waals surface area contributed by atoms with Crippen molar-refractivity contribution in [2.45, 2.75) is 10.8 Å². The first kappa shape index (κ1) is 12.7. The number of hydrogen-bond acceptors (Lipinski definition) is 7. The van der Waals surface area contributed by atoms with E-state index >= 15 is 0 Å². The molecule has 1 aromatic heterocycles. The minimum atomic E-state index is -0.0333. The third-order valence-electron chi connectivity index (χ3n) is 1.73. The number of nitrogens with two attached hydrogens (primary N) is 1. The van der Waals surface area contributed by atoms with Gasteiger partial charge in [0.25, 0.3) is 0 Å². The van der Waals surface area contributed by atoms with Crippen LogP contribution in [0.3, 0.4) is 0 Å². The molecule has 0 radical (unpaired) electrons. The summed E-state index contributed by atoms with van der Waals surface area (Å²) >= 11 is 2.56.